The van der Waals surface area contributed by atoms with E-state index in [4.69, 9.17) is 0 Å². The first-order valence-corrected chi connectivity index (χ1v) is 11.2. The summed E-state index contributed by atoms with van der Waals surface area (Å²) in [5, 5.41) is 2.92. The van der Waals surface area contributed by atoms with Crippen molar-refractivity contribution < 1.29 is 13.2 Å². The second-order valence-corrected chi connectivity index (χ2v) is 8.69. The SMILES string of the molecule is C=CCN(c1ccc(C(=O)NCc2ccccc2-n2ccnc2C)cc1)S(C)(=O)=O. The van der Waals surface area contributed by atoms with Gasteiger partial charge in [0.25, 0.3) is 5.91 Å². The fraction of sp³-hybridized carbons (Fsp3) is 0.182. The highest BCUT2D eigenvalue weighted by molar-refractivity contribution is 7.92. The number of hydrogen-bond acceptors (Lipinski definition) is 4. The van der Waals surface area contributed by atoms with Gasteiger partial charge in [-0.1, -0.05) is 24.3 Å². The van der Waals surface area contributed by atoms with Gasteiger partial charge in [-0.05, 0) is 42.8 Å². The van der Waals surface area contributed by atoms with E-state index < -0.39 is 10.0 Å². The van der Waals surface area contributed by atoms with E-state index in [2.05, 4.69) is 16.9 Å². The maximum Gasteiger partial charge on any atom is 0.251 e. The van der Waals surface area contributed by atoms with Gasteiger partial charge in [0.2, 0.25) is 10.0 Å². The highest BCUT2D eigenvalue weighted by Crippen LogP contribution is 2.19. The Kier molecular flexibility index (Phi) is 6.37. The van der Waals surface area contributed by atoms with Gasteiger partial charge in [0.15, 0.2) is 0 Å². The molecule has 0 unspecified atom stereocenters. The monoisotopic (exact) mass is 424 g/mol. The molecule has 1 heterocycles. The lowest BCUT2D eigenvalue weighted by Gasteiger charge is -2.20. The van der Waals surface area contributed by atoms with Crippen LogP contribution < -0.4 is 9.62 Å². The van der Waals surface area contributed by atoms with Crippen LogP contribution in [-0.4, -0.2) is 36.7 Å². The van der Waals surface area contributed by atoms with Gasteiger partial charge in [0, 0.05) is 24.5 Å². The van der Waals surface area contributed by atoms with Crippen LogP contribution >= 0.6 is 0 Å². The van der Waals surface area contributed by atoms with Crippen LogP contribution in [0, 0.1) is 6.92 Å². The Morgan fingerprint density at radius 1 is 1.20 bits per heavy atom. The average Bonchev–Trinajstić information content (AvgIpc) is 3.15. The van der Waals surface area contributed by atoms with Crippen molar-refractivity contribution in [3.8, 4) is 5.69 Å². The van der Waals surface area contributed by atoms with Crippen LogP contribution in [0.1, 0.15) is 21.7 Å². The first-order valence-electron chi connectivity index (χ1n) is 9.36. The predicted octanol–water partition coefficient (Wildman–Crippen LogP) is 3.06. The van der Waals surface area contributed by atoms with Crippen molar-refractivity contribution in [2.75, 3.05) is 17.1 Å². The number of para-hydroxylation sites is 1. The van der Waals surface area contributed by atoms with Crippen LogP contribution in [0.15, 0.2) is 73.6 Å². The molecule has 0 aliphatic heterocycles. The molecule has 2 aromatic carbocycles. The number of rotatable bonds is 8. The number of nitrogens with one attached hydrogen (secondary N) is 1. The molecule has 156 valence electrons. The maximum atomic E-state index is 12.6. The summed E-state index contributed by atoms with van der Waals surface area (Å²) in [7, 11) is -3.44. The average molecular weight is 425 g/mol. The van der Waals surface area contributed by atoms with Crippen LogP contribution in [0.5, 0.6) is 0 Å². The van der Waals surface area contributed by atoms with Crippen molar-refractivity contribution in [2.45, 2.75) is 13.5 Å². The van der Waals surface area contributed by atoms with Crippen LogP contribution in [-0.2, 0) is 16.6 Å². The normalized spacial score (nSPS) is 11.1. The lowest BCUT2D eigenvalue weighted by molar-refractivity contribution is 0.0951. The van der Waals surface area contributed by atoms with Gasteiger partial charge in [-0.2, -0.15) is 0 Å². The Hall–Kier alpha value is -3.39. The fourth-order valence-corrected chi connectivity index (χ4v) is 4.01. The van der Waals surface area contributed by atoms with E-state index in [1.807, 2.05) is 42.0 Å². The molecule has 0 aliphatic carbocycles. The molecule has 3 rings (SSSR count). The molecule has 0 bridgehead atoms. The van der Waals surface area contributed by atoms with Gasteiger partial charge in [0.1, 0.15) is 5.82 Å². The van der Waals surface area contributed by atoms with Crippen LogP contribution in [0.4, 0.5) is 5.69 Å². The van der Waals surface area contributed by atoms with Crippen molar-refractivity contribution in [3.63, 3.8) is 0 Å². The molecule has 0 aliphatic rings. The van der Waals surface area contributed by atoms with Crippen molar-refractivity contribution in [3.05, 3.63) is 90.5 Å². The van der Waals surface area contributed by atoms with E-state index >= 15 is 0 Å². The summed E-state index contributed by atoms with van der Waals surface area (Å²) in [5.74, 6) is 0.618. The molecular weight excluding hydrogens is 400 g/mol. The molecule has 1 aromatic heterocycles. The van der Waals surface area contributed by atoms with Crippen molar-refractivity contribution in [2.24, 2.45) is 0 Å². The molecule has 3 aromatic rings. The van der Waals surface area contributed by atoms with Gasteiger partial charge in [-0.25, -0.2) is 13.4 Å². The third-order valence-electron chi connectivity index (χ3n) is 4.63. The third kappa shape index (κ3) is 4.77. The molecular formula is C22H24N4O3S. The first kappa shape index (κ1) is 21.3. The predicted molar refractivity (Wildman–Crippen MR) is 118 cm³/mol. The van der Waals surface area contributed by atoms with Gasteiger partial charge in [0.05, 0.1) is 24.2 Å². The number of aryl methyl sites for hydroxylation is 1. The lowest BCUT2D eigenvalue weighted by Crippen LogP contribution is -2.30. The molecule has 0 saturated carbocycles. The number of carbonyl (C=O) groups excluding carboxylic acids is 1. The minimum Gasteiger partial charge on any atom is -0.348 e. The molecule has 0 saturated heterocycles. The Morgan fingerprint density at radius 3 is 2.50 bits per heavy atom. The number of nitrogens with zero attached hydrogens (tertiary/aromatic N) is 3. The summed E-state index contributed by atoms with van der Waals surface area (Å²) in [4.78, 5) is 16.9. The fourth-order valence-electron chi connectivity index (χ4n) is 3.13. The molecule has 1 amide bonds. The quantitative estimate of drug-likeness (QED) is 0.563. The smallest absolute Gasteiger partial charge is 0.251 e. The standard InChI is InChI=1S/C22H24N4O3S/c1-4-14-26(30(3,28)29)20-11-9-18(10-12-20)22(27)24-16-19-7-5-6-8-21(19)25-15-13-23-17(25)2/h4-13,15H,1,14,16H2,2-3H3,(H,24,27). The van der Waals surface area contributed by atoms with Gasteiger partial charge in [-0.3, -0.25) is 9.10 Å². The van der Waals surface area contributed by atoms with Crippen LogP contribution in [0.2, 0.25) is 0 Å². The molecule has 7 nitrogen and oxygen atoms in total. The highest BCUT2D eigenvalue weighted by atomic mass is 32.2. The van der Waals surface area contributed by atoms with Crippen molar-refractivity contribution in [1.82, 2.24) is 14.9 Å². The molecule has 0 atom stereocenters. The first-order chi connectivity index (χ1) is 14.3. The summed E-state index contributed by atoms with van der Waals surface area (Å²) < 4.78 is 27.1. The number of sulfonamides is 1. The summed E-state index contributed by atoms with van der Waals surface area (Å²) in [6.07, 6.45) is 6.27. The Morgan fingerprint density at radius 2 is 1.90 bits per heavy atom. The van der Waals surface area contributed by atoms with Gasteiger partial charge in [-0.15, -0.1) is 6.58 Å². The van der Waals surface area contributed by atoms with E-state index in [-0.39, 0.29) is 12.5 Å². The number of benzene rings is 2. The highest BCUT2D eigenvalue weighted by Gasteiger charge is 2.16. The molecule has 0 spiro atoms. The molecule has 30 heavy (non-hydrogen) atoms. The largest absolute Gasteiger partial charge is 0.348 e. The zero-order chi connectivity index (χ0) is 21.7. The lowest BCUT2D eigenvalue weighted by atomic mass is 10.1. The van der Waals surface area contributed by atoms with Crippen LogP contribution in [0.3, 0.4) is 0 Å². The van der Waals surface area contributed by atoms with Gasteiger partial charge < -0.3 is 9.88 Å². The minimum absolute atomic E-state index is 0.162. The molecule has 0 radical (unpaired) electrons. The summed E-state index contributed by atoms with van der Waals surface area (Å²) in [6.45, 7) is 6.02. The topological polar surface area (TPSA) is 84.3 Å². The van der Waals surface area contributed by atoms with Crippen LogP contribution in [0.25, 0.3) is 5.69 Å². The maximum absolute atomic E-state index is 12.6. The number of aromatic nitrogens is 2. The van der Waals surface area contributed by atoms with E-state index in [9.17, 15) is 13.2 Å². The van der Waals surface area contributed by atoms with E-state index in [1.54, 1.807) is 30.5 Å². The zero-order valence-electron chi connectivity index (χ0n) is 16.9. The molecule has 1 N–H and O–H groups in total. The summed E-state index contributed by atoms with van der Waals surface area (Å²) >= 11 is 0. The second kappa shape index (κ2) is 8.96. The van der Waals surface area contributed by atoms with E-state index in [0.29, 0.717) is 17.8 Å². The second-order valence-electron chi connectivity index (χ2n) is 6.79. The zero-order valence-corrected chi connectivity index (χ0v) is 17.8. The molecule has 0 fully saturated rings. The minimum atomic E-state index is -3.44. The number of imidazole rings is 1. The Labute approximate surface area is 176 Å². The van der Waals surface area contributed by atoms with Crippen molar-refractivity contribution >= 4 is 21.6 Å². The number of carbonyl (C=O) groups is 1. The number of hydrogen-bond donors (Lipinski definition) is 1. The molecule has 8 heteroatoms. The summed E-state index contributed by atoms with van der Waals surface area (Å²) in [5.41, 5.74) is 2.84. The van der Waals surface area contributed by atoms with E-state index in [0.717, 1.165) is 23.3 Å². The van der Waals surface area contributed by atoms with Crippen molar-refractivity contribution in [1.29, 1.82) is 0 Å². The number of amides is 1. The number of anilines is 1. The van der Waals surface area contributed by atoms with E-state index in [1.165, 1.54) is 10.4 Å². The Balaban J connectivity index is 1.74. The summed E-state index contributed by atoms with van der Waals surface area (Å²) in [6, 6.07) is 14.2. The van der Waals surface area contributed by atoms with Gasteiger partial charge >= 0.3 is 0 Å². The third-order valence-corrected chi connectivity index (χ3v) is 5.79. The Bertz CT molecular complexity index is 1150.